The van der Waals surface area contributed by atoms with Crippen LogP contribution in [0.5, 0.6) is 0 Å². The number of hydrogen-bond acceptors (Lipinski definition) is 6. The third-order valence-corrected chi connectivity index (χ3v) is 4.02. The fraction of sp³-hybridized carbons (Fsp3) is 0.167. The summed E-state index contributed by atoms with van der Waals surface area (Å²) >= 11 is 2.62. The van der Waals surface area contributed by atoms with E-state index in [0.29, 0.717) is 15.7 Å². The molecule has 0 saturated carbocycles. The Morgan fingerprint density at radius 3 is 3.05 bits per heavy atom. The van der Waals surface area contributed by atoms with Crippen molar-refractivity contribution in [2.24, 2.45) is 0 Å². The van der Waals surface area contributed by atoms with E-state index in [4.69, 9.17) is 5.26 Å². The Bertz CT molecular complexity index is 606. The molecule has 2 rings (SSSR count). The topological polar surface area (TPSA) is 78.7 Å². The van der Waals surface area contributed by atoms with Gasteiger partial charge in [0.1, 0.15) is 11.1 Å². The highest BCUT2D eigenvalue weighted by molar-refractivity contribution is 8.00. The van der Waals surface area contributed by atoms with E-state index < -0.39 is 0 Å². The molecule has 0 bridgehead atoms. The quantitative estimate of drug-likeness (QED) is 0.875. The summed E-state index contributed by atoms with van der Waals surface area (Å²) in [6, 6.07) is 5.44. The maximum absolute atomic E-state index is 11.9. The van der Waals surface area contributed by atoms with Gasteiger partial charge in [-0.05, 0) is 19.1 Å². The molecule has 0 fully saturated rings. The lowest BCUT2D eigenvalue weighted by molar-refractivity contribution is -0.115. The average molecular weight is 290 g/mol. The van der Waals surface area contributed by atoms with Gasteiger partial charge in [-0.3, -0.25) is 4.79 Å². The van der Waals surface area contributed by atoms with Gasteiger partial charge < -0.3 is 5.32 Å². The van der Waals surface area contributed by atoms with E-state index in [1.807, 2.05) is 0 Å². The standard InChI is InChI=1S/C12H10N4OS2/c1-8(10(17)16-12-15-5-6-18-12)19-11-9(7-13)3-2-4-14-11/h2-6,8H,1H3,(H,15,16,17). The average Bonchev–Trinajstić information content (AvgIpc) is 2.92. The Kier molecular flexibility index (Phi) is 4.49. The van der Waals surface area contributed by atoms with E-state index >= 15 is 0 Å². The summed E-state index contributed by atoms with van der Waals surface area (Å²) in [4.78, 5) is 20.0. The number of carbonyl (C=O) groups is 1. The number of nitriles is 1. The van der Waals surface area contributed by atoms with Crippen molar-refractivity contribution in [1.29, 1.82) is 5.26 Å². The number of thiazole rings is 1. The van der Waals surface area contributed by atoms with Crippen LogP contribution in [0, 0.1) is 11.3 Å². The summed E-state index contributed by atoms with van der Waals surface area (Å²) in [6.45, 7) is 1.77. The zero-order valence-electron chi connectivity index (χ0n) is 10.0. The van der Waals surface area contributed by atoms with Gasteiger partial charge in [0.25, 0.3) is 0 Å². The van der Waals surface area contributed by atoms with E-state index in [1.165, 1.54) is 23.1 Å². The number of carbonyl (C=O) groups excluding carboxylic acids is 1. The molecule has 0 saturated heterocycles. The molecule has 2 heterocycles. The zero-order valence-corrected chi connectivity index (χ0v) is 11.7. The van der Waals surface area contributed by atoms with Crippen molar-refractivity contribution >= 4 is 34.1 Å². The van der Waals surface area contributed by atoms with Crippen LogP contribution in [-0.2, 0) is 4.79 Å². The fourth-order valence-electron chi connectivity index (χ4n) is 1.28. The van der Waals surface area contributed by atoms with Gasteiger partial charge in [0.05, 0.1) is 10.8 Å². The van der Waals surface area contributed by atoms with E-state index in [0.717, 1.165) is 0 Å². The fourth-order valence-corrected chi connectivity index (χ4v) is 2.68. The molecule has 0 aromatic carbocycles. The number of amides is 1. The van der Waals surface area contributed by atoms with Gasteiger partial charge in [-0.25, -0.2) is 9.97 Å². The van der Waals surface area contributed by atoms with E-state index in [9.17, 15) is 4.79 Å². The van der Waals surface area contributed by atoms with Crippen molar-refractivity contribution in [3.8, 4) is 6.07 Å². The van der Waals surface area contributed by atoms with Crippen LogP contribution in [0.2, 0.25) is 0 Å². The number of hydrogen-bond donors (Lipinski definition) is 1. The number of nitrogens with zero attached hydrogens (tertiary/aromatic N) is 3. The predicted octanol–water partition coefficient (Wildman–Crippen LogP) is 2.53. The molecule has 96 valence electrons. The third-order valence-electron chi connectivity index (χ3n) is 2.21. The first-order valence-corrected chi connectivity index (χ1v) is 7.19. The second-order valence-electron chi connectivity index (χ2n) is 3.55. The monoisotopic (exact) mass is 290 g/mol. The molecule has 0 aliphatic heterocycles. The van der Waals surface area contributed by atoms with E-state index in [1.54, 1.807) is 36.8 Å². The minimum atomic E-state index is -0.356. The Hall–Kier alpha value is -1.91. The molecule has 5 nitrogen and oxygen atoms in total. The van der Waals surface area contributed by atoms with Crippen molar-refractivity contribution in [1.82, 2.24) is 9.97 Å². The molecule has 2 aromatic heterocycles. The molecular weight excluding hydrogens is 280 g/mol. The molecular formula is C12H10N4OS2. The normalized spacial score (nSPS) is 11.6. The summed E-state index contributed by atoms with van der Waals surface area (Å²) in [6.07, 6.45) is 3.24. The van der Waals surface area contributed by atoms with Crippen molar-refractivity contribution < 1.29 is 4.79 Å². The van der Waals surface area contributed by atoms with Gasteiger partial charge in [-0.15, -0.1) is 11.3 Å². The lowest BCUT2D eigenvalue weighted by Gasteiger charge is -2.10. The smallest absolute Gasteiger partial charge is 0.239 e. The lowest BCUT2D eigenvalue weighted by Crippen LogP contribution is -2.22. The van der Waals surface area contributed by atoms with Crippen LogP contribution < -0.4 is 5.32 Å². The molecule has 1 N–H and O–H groups in total. The first kappa shape index (κ1) is 13.5. The van der Waals surface area contributed by atoms with Gasteiger partial charge >= 0.3 is 0 Å². The van der Waals surface area contributed by atoms with Crippen LogP contribution >= 0.6 is 23.1 Å². The molecule has 1 atom stereocenters. The van der Waals surface area contributed by atoms with E-state index in [-0.39, 0.29) is 11.2 Å². The zero-order chi connectivity index (χ0) is 13.7. The Balaban J connectivity index is 2.02. The van der Waals surface area contributed by atoms with Gasteiger partial charge in [-0.1, -0.05) is 11.8 Å². The number of aromatic nitrogens is 2. The highest BCUT2D eigenvalue weighted by atomic mass is 32.2. The maximum Gasteiger partial charge on any atom is 0.239 e. The number of rotatable bonds is 4. The van der Waals surface area contributed by atoms with Crippen molar-refractivity contribution in [2.75, 3.05) is 5.32 Å². The Morgan fingerprint density at radius 2 is 2.37 bits per heavy atom. The summed E-state index contributed by atoms with van der Waals surface area (Å²) in [5.41, 5.74) is 0.474. The number of thioether (sulfide) groups is 1. The Morgan fingerprint density at radius 1 is 1.53 bits per heavy atom. The second-order valence-corrected chi connectivity index (χ2v) is 5.78. The minimum absolute atomic E-state index is 0.158. The summed E-state index contributed by atoms with van der Waals surface area (Å²) in [5.74, 6) is -0.158. The van der Waals surface area contributed by atoms with Crippen LogP contribution in [0.25, 0.3) is 0 Å². The van der Waals surface area contributed by atoms with Crippen molar-refractivity contribution in [3.63, 3.8) is 0 Å². The van der Waals surface area contributed by atoms with Crippen LogP contribution in [0.4, 0.5) is 5.13 Å². The number of nitrogens with one attached hydrogen (secondary N) is 1. The molecule has 19 heavy (non-hydrogen) atoms. The van der Waals surface area contributed by atoms with Crippen molar-refractivity contribution in [3.05, 3.63) is 35.5 Å². The molecule has 0 radical (unpaired) electrons. The van der Waals surface area contributed by atoms with Crippen LogP contribution in [0.3, 0.4) is 0 Å². The molecule has 2 aromatic rings. The molecule has 0 aliphatic rings. The van der Waals surface area contributed by atoms with Crippen LogP contribution in [0.15, 0.2) is 34.9 Å². The number of anilines is 1. The summed E-state index contributed by atoms with van der Waals surface area (Å²) in [5, 5.41) is 14.2. The first-order valence-electron chi connectivity index (χ1n) is 5.43. The van der Waals surface area contributed by atoms with Gasteiger partial charge in [0.2, 0.25) is 5.91 Å². The van der Waals surface area contributed by atoms with Gasteiger partial charge in [-0.2, -0.15) is 5.26 Å². The summed E-state index contributed by atoms with van der Waals surface area (Å²) < 4.78 is 0. The first-order chi connectivity index (χ1) is 9.20. The van der Waals surface area contributed by atoms with Gasteiger partial charge in [0.15, 0.2) is 5.13 Å². The largest absolute Gasteiger partial charge is 0.301 e. The van der Waals surface area contributed by atoms with Crippen LogP contribution in [0.1, 0.15) is 12.5 Å². The third kappa shape index (κ3) is 3.53. The molecule has 1 unspecified atom stereocenters. The predicted molar refractivity (Wildman–Crippen MR) is 75.0 cm³/mol. The molecule has 0 spiro atoms. The van der Waals surface area contributed by atoms with E-state index in [2.05, 4.69) is 21.4 Å². The lowest BCUT2D eigenvalue weighted by atomic mass is 10.3. The maximum atomic E-state index is 11.9. The van der Waals surface area contributed by atoms with Gasteiger partial charge in [0, 0.05) is 17.8 Å². The Labute approximate surface area is 118 Å². The summed E-state index contributed by atoms with van der Waals surface area (Å²) in [7, 11) is 0. The highest BCUT2D eigenvalue weighted by Gasteiger charge is 2.17. The molecule has 1 amide bonds. The van der Waals surface area contributed by atoms with Crippen molar-refractivity contribution in [2.45, 2.75) is 17.2 Å². The van der Waals surface area contributed by atoms with Crippen LogP contribution in [-0.4, -0.2) is 21.1 Å². The minimum Gasteiger partial charge on any atom is -0.301 e. The highest BCUT2D eigenvalue weighted by Crippen LogP contribution is 2.25. The number of pyridine rings is 1. The molecule has 7 heteroatoms. The SMILES string of the molecule is CC(Sc1ncccc1C#N)C(=O)Nc1nccs1. The molecule has 0 aliphatic carbocycles. The second kappa shape index (κ2) is 6.31.